The van der Waals surface area contributed by atoms with E-state index < -0.39 is 24.3 Å². The second kappa shape index (κ2) is 7.10. The Morgan fingerprint density at radius 3 is 2.53 bits per heavy atom. The molecule has 3 unspecified atom stereocenters. The number of carbonyl (C=O) groups excluding carboxylic acids is 4. The van der Waals surface area contributed by atoms with Crippen molar-refractivity contribution in [1.82, 2.24) is 5.32 Å². The van der Waals surface area contributed by atoms with Gasteiger partial charge in [0.25, 0.3) is 0 Å². The summed E-state index contributed by atoms with van der Waals surface area (Å²) in [4.78, 5) is 43.8. The first-order chi connectivity index (χ1) is 9.03. The largest absolute Gasteiger partial charge is 0.457 e. The first kappa shape index (κ1) is 15.5. The Morgan fingerprint density at radius 1 is 1.42 bits per heavy atom. The van der Waals surface area contributed by atoms with Crippen molar-refractivity contribution in [2.75, 3.05) is 13.7 Å². The summed E-state index contributed by atoms with van der Waals surface area (Å²) in [5.41, 5.74) is 5.70. The molecule has 0 aromatic carbocycles. The topological polar surface area (TPSA) is 116 Å². The van der Waals surface area contributed by atoms with Crippen LogP contribution in [0.5, 0.6) is 0 Å². The molecule has 1 aliphatic rings. The Labute approximate surface area is 110 Å². The van der Waals surface area contributed by atoms with Crippen molar-refractivity contribution in [2.24, 2.45) is 17.6 Å². The van der Waals surface area contributed by atoms with Crippen LogP contribution in [0.15, 0.2) is 0 Å². The van der Waals surface area contributed by atoms with Crippen LogP contribution in [0.4, 0.5) is 0 Å². The number of likely N-dealkylation sites (N-methyl/N-ethyl adjacent to an activating group) is 1. The maximum atomic E-state index is 11.7. The molecule has 1 rings (SSSR count). The van der Waals surface area contributed by atoms with Crippen LogP contribution < -0.4 is 11.1 Å². The third kappa shape index (κ3) is 3.93. The van der Waals surface area contributed by atoms with Gasteiger partial charge in [-0.2, -0.15) is 0 Å². The third-order valence-corrected chi connectivity index (χ3v) is 3.25. The molecule has 1 fully saturated rings. The Morgan fingerprint density at radius 2 is 2.05 bits per heavy atom. The highest BCUT2D eigenvalue weighted by Gasteiger charge is 2.43. The molecule has 0 radical (unpaired) electrons. The maximum absolute atomic E-state index is 11.7. The van der Waals surface area contributed by atoms with Crippen LogP contribution in [-0.2, 0) is 23.9 Å². The maximum Gasteiger partial charge on any atom is 0.311 e. The van der Waals surface area contributed by atoms with Gasteiger partial charge in [0, 0.05) is 18.5 Å². The summed E-state index contributed by atoms with van der Waals surface area (Å²) in [6.07, 6.45) is 1.08. The average Bonchev–Trinajstić information content (AvgIpc) is 2.39. The number of nitrogens with one attached hydrogen (secondary N) is 1. The predicted molar refractivity (Wildman–Crippen MR) is 65.1 cm³/mol. The van der Waals surface area contributed by atoms with Crippen molar-refractivity contribution in [3.05, 3.63) is 0 Å². The molecule has 3 atom stereocenters. The molecule has 0 heterocycles. The summed E-state index contributed by atoms with van der Waals surface area (Å²) in [6.45, 7) is -0.417. The van der Waals surface area contributed by atoms with Crippen molar-refractivity contribution in [2.45, 2.75) is 24.9 Å². The molecular formula is C12H18N2O5. The zero-order valence-corrected chi connectivity index (χ0v) is 10.7. The van der Waals surface area contributed by atoms with E-state index in [1.807, 2.05) is 0 Å². The van der Waals surface area contributed by atoms with Gasteiger partial charge in [0.05, 0.1) is 11.8 Å². The Hall–Kier alpha value is -1.60. The third-order valence-electron chi connectivity index (χ3n) is 3.25. The normalized spacial score (nSPS) is 25.5. The van der Waals surface area contributed by atoms with Gasteiger partial charge in [-0.15, -0.1) is 0 Å². The molecule has 1 aliphatic carbocycles. The lowest BCUT2D eigenvalue weighted by Crippen LogP contribution is -2.61. The molecule has 7 heteroatoms. The van der Waals surface area contributed by atoms with Crippen LogP contribution in [0.25, 0.3) is 0 Å². The highest BCUT2D eigenvalue weighted by Crippen LogP contribution is 2.27. The lowest BCUT2D eigenvalue weighted by atomic mass is 9.75. The molecule has 1 saturated carbocycles. The second-order valence-corrected chi connectivity index (χ2v) is 4.61. The van der Waals surface area contributed by atoms with E-state index in [1.165, 1.54) is 0 Å². The van der Waals surface area contributed by atoms with E-state index in [2.05, 4.69) is 5.32 Å². The number of ether oxygens (including phenoxy) is 1. The molecule has 0 aromatic heterocycles. The number of hydrogen-bond donors (Lipinski definition) is 2. The van der Waals surface area contributed by atoms with E-state index in [9.17, 15) is 19.2 Å². The molecule has 0 aromatic rings. The minimum absolute atomic E-state index is 0.0900. The number of Topliss-reactive ketones (excluding diaryl/α,β-unsaturated/α-hetero) is 1. The molecule has 106 valence electrons. The van der Waals surface area contributed by atoms with E-state index in [4.69, 9.17) is 10.5 Å². The summed E-state index contributed by atoms with van der Waals surface area (Å²) in [5.74, 6) is -2.25. The number of aldehydes is 2. The number of esters is 1. The van der Waals surface area contributed by atoms with Crippen LogP contribution in [0.1, 0.15) is 12.8 Å². The van der Waals surface area contributed by atoms with Crippen molar-refractivity contribution in [3.8, 4) is 0 Å². The molecule has 19 heavy (non-hydrogen) atoms. The van der Waals surface area contributed by atoms with E-state index >= 15 is 0 Å². The molecular weight excluding hydrogens is 252 g/mol. The Bertz CT molecular complexity index is 363. The zero-order chi connectivity index (χ0) is 14.4. The van der Waals surface area contributed by atoms with E-state index in [0.29, 0.717) is 19.0 Å². The van der Waals surface area contributed by atoms with Gasteiger partial charge in [-0.1, -0.05) is 0 Å². The standard InChI is InChI=1S/C12H18N2O5/c1-14-11-9(3-10(11)13)12(18)19-6-8(17)2-7(4-15)5-16/h4-5,7,9-11,14H,2-3,6,13H2,1H3. The fraction of sp³-hybridized carbons (Fsp3) is 0.667. The fourth-order valence-electron chi connectivity index (χ4n) is 2.06. The predicted octanol–water partition coefficient (Wildman–Crippen LogP) is -1.56. The van der Waals surface area contributed by atoms with Gasteiger partial charge < -0.3 is 25.4 Å². The minimum Gasteiger partial charge on any atom is -0.457 e. The summed E-state index contributed by atoms with van der Waals surface area (Å²) < 4.78 is 4.86. The second-order valence-electron chi connectivity index (χ2n) is 4.61. The molecule has 0 amide bonds. The van der Waals surface area contributed by atoms with Crippen molar-refractivity contribution < 1.29 is 23.9 Å². The molecule has 0 aliphatic heterocycles. The zero-order valence-electron chi connectivity index (χ0n) is 10.7. The van der Waals surface area contributed by atoms with Gasteiger partial charge in [-0.25, -0.2) is 0 Å². The summed E-state index contributed by atoms with van der Waals surface area (Å²) >= 11 is 0. The number of nitrogens with two attached hydrogens (primary N) is 1. The first-order valence-electron chi connectivity index (χ1n) is 6.05. The van der Waals surface area contributed by atoms with Crippen molar-refractivity contribution in [3.63, 3.8) is 0 Å². The van der Waals surface area contributed by atoms with Gasteiger partial charge in [0.2, 0.25) is 0 Å². The number of carbonyl (C=O) groups is 4. The monoisotopic (exact) mass is 270 g/mol. The molecule has 0 spiro atoms. The van der Waals surface area contributed by atoms with E-state index in [1.54, 1.807) is 7.05 Å². The Kier molecular flexibility index (Phi) is 5.78. The van der Waals surface area contributed by atoms with Gasteiger partial charge in [0.1, 0.15) is 19.2 Å². The first-order valence-corrected chi connectivity index (χ1v) is 6.05. The van der Waals surface area contributed by atoms with Crippen LogP contribution in [0, 0.1) is 11.8 Å². The van der Waals surface area contributed by atoms with Crippen molar-refractivity contribution in [1.29, 1.82) is 0 Å². The van der Waals surface area contributed by atoms with Gasteiger partial charge in [0.15, 0.2) is 5.78 Å². The molecule has 3 N–H and O–H groups in total. The summed E-state index contributed by atoms with van der Waals surface area (Å²) in [5, 5.41) is 2.92. The number of hydrogen-bond acceptors (Lipinski definition) is 7. The number of ketones is 1. The smallest absolute Gasteiger partial charge is 0.311 e. The van der Waals surface area contributed by atoms with Gasteiger partial charge in [-0.3, -0.25) is 9.59 Å². The van der Waals surface area contributed by atoms with Crippen molar-refractivity contribution >= 4 is 24.3 Å². The fourth-order valence-corrected chi connectivity index (χ4v) is 2.06. The quantitative estimate of drug-likeness (QED) is 0.311. The van der Waals surface area contributed by atoms with Crippen LogP contribution >= 0.6 is 0 Å². The lowest BCUT2D eigenvalue weighted by Gasteiger charge is -2.40. The van der Waals surface area contributed by atoms with Gasteiger partial charge in [-0.05, 0) is 13.5 Å². The Balaban J connectivity index is 2.32. The SMILES string of the molecule is CNC1C(N)CC1C(=O)OCC(=O)CC(C=O)C=O. The van der Waals surface area contributed by atoms with Crippen LogP contribution in [0.2, 0.25) is 0 Å². The highest BCUT2D eigenvalue weighted by molar-refractivity contribution is 5.90. The van der Waals surface area contributed by atoms with Crippen LogP contribution in [0.3, 0.4) is 0 Å². The van der Waals surface area contributed by atoms with Gasteiger partial charge >= 0.3 is 5.97 Å². The summed E-state index contributed by atoms with van der Waals surface area (Å²) in [7, 11) is 1.70. The molecule has 0 saturated heterocycles. The number of rotatable bonds is 8. The minimum atomic E-state index is -0.964. The van der Waals surface area contributed by atoms with E-state index in [-0.39, 0.29) is 24.4 Å². The van der Waals surface area contributed by atoms with Crippen LogP contribution in [-0.4, -0.2) is 50.1 Å². The summed E-state index contributed by atoms with van der Waals surface area (Å²) in [6, 6.07) is -0.229. The molecule has 7 nitrogen and oxygen atoms in total. The molecule has 0 bridgehead atoms. The lowest BCUT2D eigenvalue weighted by molar-refractivity contribution is -0.156. The van der Waals surface area contributed by atoms with E-state index in [0.717, 1.165) is 0 Å². The highest BCUT2D eigenvalue weighted by atomic mass is 16.5. The average molecular weight is 270 g/mol.